The van der Waals surface area contributed by atoms with Crippen molar-refractivity contribution in [1.29, 1.82) is 0 Å². The van der Waals surface area contributed by atoms with Gasteiger partial charge >= 0.3 is 0 Å². The van der Waals surface area contributed by atoms with Gasteiger partial charge in [0, 0.05) is 0 Å². The van der Waals surface area contributed by atoms with Gasteiger partial charge in [0.05, 0.1) is 0 Å². The summed E-state index contributed by atoms with van der Waals surface area (Å²) in [5.74, 6) is 0. The molecule has 0 nitrogen and oxygen atoms in total. The molecule has 0 amide bonds. The van der Waals surface area contributed by atoms with Crippen molar-refractivity contribution in [2.75, 3.05) is 0 Å². The first kappa shape index (κ1) is 20.5. The molecule has 0 bridgehead atoms. The molecular weight excluding hydrogens is 252 g/mol. The van der Waals surface area contributed by atoms with Gasteiger partial charge in [-0.05, 0) is 25.7 Å². The molecule has 0 heteroatoms. The van der Waals surface area contributed by atoms with Gasteiger partial charge in [-0.2, -0.15) is 0 Å². The zero-order valence-electron chi connectivity index (χ0n) is 14.9. The first-order valence-electron chi connectivity index (χ1n) is 9.71. The van der Waals surface area contributed by atoms with Gasteiger partial charge < -0.3 is 0 Å². The fourth-order valence-electron chi connectivity index (χ4n) is 2.66. The van der Waals surface area contributed by atoms with Crippen LogP contribution in [0.25, 0.3) is 0 Å². The first-order chi connectivity index (χ1) is 10.4. The van der Waals surface area contributed by atoms with Gasteiger partial charge in [0.15, 0.2) is 0 Å². The summed E-state index contributed by atoms with van der Waals surface area (Å²) in [7, 11) is 0. The predicted molar refractivity (Wildman–Crippen MR) is 98.9 cm³/mol. The second-order valence-corrected chi connectivity index (χ2v) is 6.26. The SMILES string of the molecule is CC/C=C\C/C=C\CCCCCCCCCCCCCC. The molecule has 0 spiro atoms. The third-order valence-electron chi connectivity index (χ3n) is 4.07. The van der Waals surface area contributed by atoms with E-state index in [4.69, 9.17) is 0 Å². The van der Waals surface area contributed by atoms with Crippen molar-refractivity contribution < 1.29 is 0 Å². The summed E-state index contributed by atoms with van der Waals surface area (Å²) in [6.45, 7) is 4.48. The lowest BCUT2D eigenvalue weighted by Crippen LogP contribution is -1.82. The highest BCUT2D eigenvalue weighted by atomic mass is 14.0. The molecule has 0 aromatic carbocycles. The maximum absolute atomic E-state index is 2.36. The Balaban J connectivity index is 3.04. The minimum absolute atomic E-state index is 1.12. The number of unbranched alkanes of at least 4 members (excludes halogenated alkanes) is 12. The lowest BCUT2D eigenvalue weighted by atomic mass is 10.0. The molecule has 0 saturated heterocycles. The third kappa shape index (κ3) is 19.5. The van der Waals surface area contributed by atoms with Gasteiger partial charge in [0.1, 0.15) is 0 Å². The van der Waals surface area contributed by atoms with Crippen LogP contribution in [0.2, 0.25) is 0 Å². The van der Waals surface area contributed by atoms with E-state index < -0.39 is 0 Å². The fraction of sp³-hybridized carbons (Fsp3) is 0.810. The van der Waals surface area contributed by atoms with E-state index in [-0.39, 0.29) is 0 Å². The Morgan fingerprint density at radius 2 is 0.952 bits per heavy atom. The van der Waals surface area contributed by atoms with E-state index >= 15 is 0 Å². The zero-order chi connectivity index (χ0) is 15.4. The van der Waals surface area contributed by atoms with Gasteiger partial charge in [-0.1, -0.05) is 109 Å². The van der Waals surface area contributed by atoms with Crippen molar-refractivity contribution >= 4 is 0 Å². The van der Waals surface area contributed by atoms with E-state index in [0.29, 0.717) is 0 Å². The average molecular weight is 293 g/mol. The largest absolute Gasteiger partial charge is 0.0885 e. The molecule has 0 saturated carbocycles. The minimum atomic E-state index is 1.12. The lowest BCUT2D eigenvalue weighted by molar-refractivity contribution is 0.545. The van der Waals surface area contributed by atoms with Crippen molar-refractivity contribution in [3.05, 3.63) is 24.3 Å². The highest BCUT2D eigenvalue weighted by Crippen LogP contribution is 2.12. The van der Waals surface area contributed by atoms with Crippen LogP contribution in [0.4, 0.5) is 0 Å². The van der Waals surface area contributed by atoms with Gasteiger partial charge in [-0.15, -0.1) is 0 Å². The van der Waals surface area contributed by atoms with E-state index in [2.05, 4.69) is 38.2 Å². The van der Waals surface area contributed by atoms with Crippen LogP contribution in [0.15, 0.2) is 24.3 Å². The molecule has 0 aliphatic rings. The van der Waals surface area contributed by atoms with E-state index in [1.165, 1.54) is 83.5 Å². The summed E-state index contributed by atoms with van der Waals surface area (Å²) < 4.78 is 0. The molecular formula is C21H40. The quantitative estimate of drug-likeness (QED) is 0.200. The smallest absolute Gasteiger partial charge is 0.0169 e. The van der Waals surface area contributed by atoms with E-state index in [9.17, 15) is 0 Å². The molecule has 0 rings (SSSR count). The van der Waals surface area contributed by atoms with E-state index in [0.717, 1.165) is 12.8 Å². The van der Waals surface area contributed by atoms with Crippen LogP contribution in [0.1, 0.15) is 110 Å². The molecule has 0 N–H and O–H groups in total. The number of rotatable bonds is 16. The van der Waals surface area contributed by atoms with Crippen molar-refractivity contribution in [2.24, 2.45) is 0 Å². The number of allylic oxidation sites excluding steroid dienone is 4. The monoisotopic (exact) mass is 292 g/mol. The van der Waals surface area contributed by atoms with Crippen LogP contribution in [0, 0.1) is 0 Å². The second kappa shape index (κ2) is 19.5. The van der Waals surface area contributed by atoms with Crippen molar-refractivity contribution in [1.82, 2.24) is 0 Å². The van der Waals surface area contributed by atoms with Crippen LogP contribution in [0.3, 0.4) is 0 Å². The maximum atomic E-state index is 2.36. The van der Waals surface area contributed by atoms with Crippen molar-refractivity contribution in [3.63, 3.8) is 0 Å². The molecule has 0 aromatic rings. The molecule has 124 valence electrons. The molecule has 0 aliphatic carbocycles. The number of hydrogen-bond donors (Lipinski definition) is 0. The predicted octanol–water partition coefficient (Wildman–Crippen LogP) is 7.99. The van der Waals surface area contributed by atoms with Gasteiger partial charge in [-0.25, -0.2) is 0 Å². The Morgan fingerprint density at radius 1 is 0.476 bits per heavy atom. The minimum Gasteiger partial charge on any atom is -0.0885 e. The van der Waals surface area contributed by atoms with Gasteiger partial charge in [-0.3, -0.25) is 0 Å². The van der Waals surface area contributed by atoms with Gasteiger partial charge in [0.25, 0.3) is 0 Å². The molecule has 0 unspecified atom stereocenters. The summed E-state index contributed by atoms with van der Waals surface area (Å²) in [4.78, 5) is 0. The number of hydrogen-bond acceptors (Lipinski definition) is 0. The normalized spacial score (nSPS) is 11.9. The summed E-state index contributed by atoms with van der Waals surface area (Å²) in [6.07, 6.45) is 30.0. The summed E-state index contributed by atoms with van der Waals surface area (Å²) >= 11 is 0. The molecule has 0 aliphatic heterocycles. The molecule has 0 atom stereocenters. The van der Waals surface area contributed by atoms with Crippen molar-refractivity contribution in [3.8, 4) is 0 Å². The topological polar surface area (TPSA) is 0 Å². The summed E-state index contributed by atoms with van der Waals surface area (Å²) in [6, 6.07) is 0. The zero-order valence-corrected chi connectivity index (χ0v) is 14.9. The maximum Gasteiger partial charge on any atom is -0.0169 e. The van der Waals surface area contributed by atoms with Crippen LogP contribution >= 0.6 is 0 Å². The molecule has 21 heavy (non-hydrogen) atoms. The molecule has 0 fully saturated rings. The second-order valence-electron chi connectivity index (χ2n) is 6.26. The third-order valence-corrected chi connectivity index (χ3v) is 4.07. The van der Waals surface area contributed by atoms with Crippen LogP contribution in [-0.2, 0) is 0 Å². The summed E-state index contributed by atoms with van der Waals surface area (Å²) in [5, 5.41) is 0. The highest BCUT2D eigenvalue weighted by molar-refractivity contribution is 4.92. The Kier molecular flexibility index (Phi) is 19.0. The first-order valence-corrected chi connectivity index (χ1v) is 9.71. The van der Waals surface area contributed by atoms with Gasteiger partial charge in [0.2, 0.25) is 0 Å². The molecule has 0 aromatic heterocycles. The van der Waals surface area contributed by atoms with Crippen LogP contribution < -0.4 is 0 Å². The standard InChI is InChI=1S/C21H40/c1-3-5-7-9-11-13-15-17-19-21-20-18-16-14-12-10-8-6-4-2/h5,7,11,13H,3-4,6,8-10,12,14-21H2,1-2H3/b7-5-,13-11-. The van der Waals surface area contributed by atoms with Crippen molar-refractivity contribution in [2.45, 2.75) is 110 Å². The Bertz CT molecular complexity index is 224. The Labute approximate surface area is 135 Å². The highest BCUT2D eigenvalue weighted by Gasteiger charge is 1.92. The van der Waals surface area contributed by atoms with Crippen LogP contribution in [0.5, 0.6) is 0 Å². The van der Waals surface area contributed by atoms with E-state index in [1.807, 2.05) is 0 Å². The molecule has 0 radical (unpaired) electrons. The fourth-order valence-corrected chi connectivity index (χ4v) is 2.66. The summed E-state index contributed by atoms with van der Waals surface area (Å²) in [5.41, 5.74) is 0. The lowest BCUT2D eigenvalue weighted by Gasteiger charge is -2.02. The van der Waals surface area contributed by atoms with E-state index in [1.54, 1.807) is 0 Å². The average Bonchev–Trinajstić information content (AvgIpc) is 2.50. The molecule has 0 heterocycles. The van der Waals surface area contributed by atoms with Crippen LogP contribution in [-0.4, -0.2) is 0 Å². The Morgan fingerprint density at radius 3 is 1.48 bits per heavy atom. The Hall–Kier alpha value is -0.520.